The molecule has 0 spiro atoms. The van der Waals surface area contributed by atoms with Crippen LogP contribution in [0.15, 0.2) is 33.7 Å². The Morgan fingerprint density at radius 2 is 2.15 bits per heavy atom. The first-order chi connectivity index (χ1) is 12.6. The second-order valence-corrected chi connectivity index (χ2v) is 6.64. The second kappa shape index (κ2) is 6.74. The van der Waals surface area contributed by atoms with E-state index in [0.29, 0.717) is 16.8 Å². The lowest BCUT2D eigenvalue weighted by Gasteiger charge is -2.15. The molecule has 7 heteroatoms. The molecule has 0 unspecified atom stereocenters. The summed E-state index contributed by atoms with van der Waals surface area (Å²) in [5, 5.41) is 3.22. The molecule has 3 aromatic heterocycles. The van der Waals surface area contributed by atoms with Gasteiger partial charge in [-0.05, 0) is 56.4 Å². The smallest absolute Gasteiger partial charge is 0.263 e. The molecule has 0 saturated carbocycles. The Kier molecular flexibility index (Phi) is 4.28. The minimum atomic E-state index is -0.270. The van der Waals surface area contributed by atoms with Gasteiger partial charge >= 0.3 is 0 Å². The van der Waals surface area contributed by atoms with E-state index in [1.165, 1.54) is 10.9 Å². The molecule has 3 heterocycles. The van der Waals surface area contributed by atoms with Crippen molar-refractivity contribution in [3.63, 3.8) is 0 Å². The van der Waals surface area contributed by atoms with Crippen LogP contribution in [0, 0.1) is 6.92 Å². The zero-order chi connectivity index (χ0) is 18.1. The molecule has 0 saturated heterocycles. The highest BCUT2D eigenvalue weighted by Gasteiger charge is 2.15. The first-order valence-electron chi connectivity index (χ1n) is 8.80. The molecular weight excluding hydrogens is 332 g/mol. The van der Waals surface area contributed by atoms with Gasteiger partial charge in [0.1, 0.15) is 24.4 Å². The number of pyridine rings is 1. The summed E-state index contributed by atoms with van der Waals surface area (Å²) in [6, 6.07) is 5.55. The average Bonchev–Trinajstić information content (AvgIpc) is 3.06. The van der Waals surface area contributed by atoms with E-state index in [-0.39, 0.29) is 24.6 Å². The van der Waals surface area contributed by atoms with Gasteiger partial charge < -0.3 is 9.73 Å². The molecule has 7 nitrogen and oxygen atoms in total. The van der Waals surface area contributed by atoms with Crippen LogP contribution in [0.25, 0.3) is 11.0 Å². The third-order valence-corrected chi connectivity index (χ3v) is 4.66. The SMILES string of the molecule is Cc1ccc(CNC(=O)Cn2cnc3nc4c(cc3c2=O)CCCC4)o1. The topological polar surface area (TPSA) is 90.0 Å². The second-order valence-electron chi connectivity index (χ2n) is 6.64. The third-order valence-electron chi connectivity index (χ3n) is 4.66. The normalized spacial score (nSPS) is 13.6. The number of hydrogen-bond donors (Lipinski definition) is 1. The van der Waals surface area contributed by atoms with Gasteiger partial charge in [-0.2, -0.15) is 0 Å². The zero-order valence-electron chi connectivity index (χ0n) is 14.6. The fourth-order valence-electron chi connectivity index (χ4n) is 3.30. The van der Waals surface area contributed by atoms with Crippen LogP contribution >= 0.6 is 0 Å². The van der Waals surface area contributed by atoms with Crippen molar-refractivity contribution in [1.29, 1.82) is 0 Å². The molecule has 1 aliphatic carbocycles. The van der Waals surface area contributed by atoms with E-state index < -0.39 is 0 Å². The van der Waals surface area contributed by atoms with Crippen molar-refractivity contribution in [2.24, 2.45) is 0 Å². The lowest BCUT2D eigenvalue weighted by Crippen LogP contribution is -2.32. The monoisotopic (exact) mass is 352 g/mol. The van der Waals surface area contributed by atoms with Gasteiger partial charge in [-0.25, -0.2) is 9.97 Å². The highest BCUT2D eigenvalue weighted by molar-refractivity contribution is 5.77. The van der Waals surface area contributed by atoms with Crippen LogP contribution in [-0.2, 0) is 30.7 Å². The summed E-state index contributed by atoms with van der Waals surface area (Å²) in [6.45, 7) is 2.05. The number of hydrogen-bond acceptors (Lipinski definition) is 5. The van der Waals surface area contributed by atoms with Crippen LogP contribution in [0.5, 0.6) is 0 Å². The molecule has 0 aliphatic heterocycles. The number of carbonyl (C=O) groups excluding carboxylic acids is 1. The van der Waals surface area contributed by atoms with Gasteiger partial charge in [0.25, 0.3) is 5.56 Å². The van der Waals surface area contributed by atoms with Gasteiger partial charge in [0.15, 0.2) is 5.65 Å². The number of rotatable bonds is 4. The molecule has 0 radical (unpaired) electrons. The molecular formula is C19H20N4O3. The quantitative estimate of drug-likeness (QED) is 0.774. The Morgan fingerprint density at radius 1 is 1.31 bits per heavy atom. The van der Waals surface area contributed by atoms with Gasteiger partial charge in [-0.1, -0.05) is 0 Å². The lowest BCUT2D eigenvalue weighted by atomic mass is 9.95. The number of fused-ring (bicyclic) bond motifs is 2. The summed E-state index contributed by atoms with van der Waals surface area (Å²) in [5.74, 6) is 1.20. The van der Waals surface area contributed by atoms with Crippen LogP contribution in [0.4, 0.5) is 0 Å². The van der Waals surface area contributed by atoms with Crippen molar-refractivity contribution in [2.45, 2.75) is 45.7 Å². The maximum Gasteiger partial charge on any atom is 0.263 e. The van der Waals surface area contributed by atoms with Crippen LogP contribution in [0.3, 0.4) is 0 Å². The molecule has 26 heavy (non-hydrogen) atoms. The van der Waals surface area contributed by atoms with Gasteiger partial charge in [0.2, 0.25) is 5.91 Å². The van der Waals surface area contributed by atoms with Crippen LogP contribution in [0.1, 0.15) is 35.6 Å². The van der Waals surface area contributed by atoms with Gasteiger partial charge in [-0.3, -0.25) is 14.2 Å². The van der Waals surface area contributed by atoms with Gasteiger partial charge in [0, 0.05) is 5.69 Å². The molecule has 0 atom stereocenters. The Morgan fingerprint density at radius 3 is 2.96 bits per heavy atom. The maximum atomic E-state index is 12.7. The van der Waals surface area contributed by atoms with Crippen LogP contribution in [-0.4, -0.2) is 20.4 Å². The predicted octanol–water partition coefficient (Wildman–Crippen LogP) is 1.89. The summed E-state index contributed by atoms with van der Waals surface area (Å²) in [6.07, 6.45) is 5.51. The number of furan rings is 1. The number of aryl methyl sites for hydroxylation is 3. The molecule has 134 valence electrons. The number of nitrogens with zero attached hydrogens (tertiary/aromatic N) is 3. The first-order valence-corrected chi connectivity index (χ1v) is 8.80. The molecule has 1 N–H and O–H groups in total. The van der Waals surface area contributed by atoms with E-state index in [9.17, 15) is 9.59 Å². The predicted molar refractivity (Wildman–Crippen MR) is 95.7 cm³/mol. The van der Waals surface area contributed by atoms with E-state index in [1.54, 1.807) is 0 Å². The molecule has 0 aromatic carbocycles. The summed E-state index contributed by atoms with van der Waals surface area (Å²) in [4.78, 5) is 33.7. The standard InChI is InChI=1S/C19H20N4O3/c1-12-6-7-14(26-12)9-20-17(24)10-23-11-21-18-15(19(23)25)8-13-4-2-3-5-16(13)22-18/h6-8,11H,2-5,9-10H2,1H3,(H,20,24). The largest absolute Gasteiger partial charge is 0.465 e. The summed E-state index contributed by atoms with van der Waals surface area (Å²) in [5.41, 5.74) is 2.39. The third kappa shape index (κ3) is 3.24. The summed E-state index contributed by atoms with van der Waals surface area (Å²) >= 11 is 0. The molecule has 0 fully saturated rings. The number of aromatic nitrogens is 3. The van der Waals surface area contributed by atoms with Crippen molar-refractivity contribution in [2.75, 3.05) is 0 Å². The van der Waals surface area contributed by atoms with E-state index in [4.69, 9.17) is 4.42 Å². The van der Waals surface area contributed by atoms with Crippen molar-refractivity contribution >= 4 is 16.9 Å². The van der Waals surface area contributed by atoms with Crippen molar-refractivity contribution in [3.8, 4) is 0 Å². The first kappa shape index (κ1) is 16.5. The van der Waals surface area contributed by atoms with Crippen molar-refractivity contribution in [3.05, 3.63) is 57.7 Å². The van der Waals surface area contributed by atoms with Crippen LogP contribution in [0.2, 0.25) is 0 Å². The highest BCUT2D eigenvalue weighted by Crippen LogP contribution is 2.21. The fourth-order valence-corrected chi connectivity index (χ4v) is 3.30. The molecule has 1 aliphatic rings. The maximum absolute atomic E-state index is 12.7. The molecule has 1 amide bonds. The Bertz CT molecular complexity index is 1030. The molecule has 4 rings (SSSR count). The fraction of sp³-hybridized carbons (Fsp3) is 0.368. The van der Waals surface area contributed by atoms with E-state index in [2.05, 4.69) is 15.3 Å². The summed E-state index contributed by atoms with van der Waals surface area (Å²) in [7, 11) is 0. The molecule has 0 bridgehead atoms. The Hall–Kier alpha value is -2.96. The number of amides is 1. The minimum Gasteiger partial charge on any atom is -0.465 e. The van der Waals surface area contributed by atoms with Crippen molar-refractivity contribution in [1.82, 2.24) is 19.9 Å². The van der Waals surface area contributed by atoms with Crippen molar-refractivity contribution < 1.29 is 9.21 Å². The lowest BCUT2D eigenvalue weighted by molar-refractivity contribution is -0.122. The van der Waals surface area contributed by atoms with Gasteiger partial charge in [0.05, 0.1) is 11.9 Å². The van der Waals surface area contributed by atoms with E-state index >= 15 is 0 Å². The average molecular weight is 352 g/mol. The zero-order valence-corrected chi connectivity index (χ0v) is 14.6. The van der Waals surface area contributed by atoms with E-state index in [1.807, 2.05) is 25.1 Å². The van der Waals surface area contributed by atoms with E-state index in [0.717, 1.165) is 42.7 Å². The highest BCUT2D eigenvalue weighted by atomic mass is 16.3. The minimum absolute atomic E-state index is 0.0848. The summed E-state index contributed by atoms with van der Waals surface area (Å²) < 4.78 is 6.74. The van der Waals surface area contributed by atoms with Gasteiger partial charge in [-0.15, -0.1) is 0 Å². The number of carbonyl (C=O) groups is 1. The Labute approximate surface area is 150 Å². The molecule has 3 aromatic rings. The Balaban J connectivity index is 1.53. The van der Waals surface area contributed by atoms with Crippen LogP contribution < -0.4 is 10.9 Å². The number of nitrogens with one attached hydrogen (secondary N) is 1.